The van der Waals surface area contributed by atoms with E-state index in [0.717, 1.165) is 0 Å². The molecule has 6 heteroatoms. The first-order chi connectivity index (χ1) is 9.04. The number of nitrogens with one attached hydrogen (secondary N) is 2. The lowest BCUT2D eigenvalue weighted by Gasteiger charge is -2.08. The number of halogens is 2. The predicted octanol–water partition coefficient (Wildman–Crippen LogP) is 3.83. The minimum absolute atomic E-state index is 0.0104. The second kappa shape index (κ2) is 5.58. The van der Waals surface area contributed by atoms with Crippen LogP contribution < -0.4 is 10.6 Å². The predicted molar refractivity (Wildman–Crippen MR) is 72.2 cm³/mol. The average Bonchev–Trinajstić information content (AvgIpc) is 2.37. The second-order valence-corrected chi connectivity index (χ2v) is 4.19. The summed E-state index contributed by atoms with van der Waals surface area (Å²) >= 11 is 5.71. The molecule has 0 unspecified atom stereocenters. The first-order valence-electron chi connectivity index (χ1n) is 5.37. The van der Waals surface area contributed by atoms with E-state index < -0.39 is 11.8 Å². The molecule has 3 N–H and O–H groups in total. The van der Waals surface area contributed by atoms with E-state index in [2.05, 4.69) is 10.6 Å². The molecule has 0 aliphatic rings. The van der Waals surface area contributed by atoms with Gasteiger partial charge in [-0.1, -0.05) is 11.6 Å². The molecule has 2 aromatic rings. The Labute approximate surface area is 113 Å². The number of phenolic OH excluding ortho intramolecular Hbond substituents is 1. The molecular formula is C13H10ClFN2O2. The van der Waals surface area contributed by atoms with Crippen molar-refractivity contribution in [3.63, 3.8) is 0 Å². The molecule has 2 aromatic carbocycles. The maximum Gasteiger partial charge on any atom is 0.323 e. The highest BCUT2D eigenvalue weighted by Gasteiger charge is 2.07. The molecule has 0 heterocycles. The molecule has 4 nitrogen and oxygen atoms in total. The summed E-state index contributed by atoms with van der Waals surface area (Å²) in [6, 6.07) is 9.15. The van der Waals surface area contributed by atoms with E-state index in [0.29, 0.717) is 10.7 Å². The standard InChI is InChI=1S/C13H10ClFN2O2/c14-8-1-6-11(15)12(7-8)17-13(19)16-9-2-4-10(18)5-3-9/h1-7,18H,(H2,16,17,19). The third kappa shape index (κ3) is 3.59. The Hall–Kier alpha value is -2.27. The molecule has 0 spiro atoms. The number of hydrogen-bond donors (Lipinski definition) is 3. The number of anilines is 2. The number of urea groups is 1. The van der Waals surface area contributed by atoms with Crippen molar-refractivity contribution in [3.8, 4) is 5.75 Å². The number of carbonyl (C=O) groups excluding carboxylic acids is 1. The third-order valence-electron chi connectivity index (χ3n) is 2.30. The van der Waals surface area contributed by atoms with Crippen LogP contribution in [0.3, 0.4) is 0 Å². The molecule has 0 aromatic heterocycles. The van der Waals surface area contributed by atoms with Crippen molar-refractivity contribution in [3.05, 3.63) is 53.3 Å². The molecule has 98 valence electrons. The van der Waals surface area contributed by atoms with Gasteiger partial charge in [0.15, 0.2) is 0 Å². The fraction of sp³-hybridized carbons (Fsp3) is 0. The first-order valence-corrected chi connectivity index (χ1v) is 5.74. The number of benzene rings is 2. The topological polar surface area (TPSA) is 61.4 Å². The summed E-state index contributed by atoms with van der Waals surface area (Å²) < 4.78 is 13.4. The molecule has 0 radical (unpaired) electrons. The Bertz CT molecular complexity index is 602. The van der Waals surface area contributed by atoms with Crippen LogP contribution in [0.5, 0.6) is 5.75 Å². The van der Waals surface area contributed by atoms with Crippen LogP contribution in [0, 0.1) is 5.82 Å². The molecule has 0 aliphatic heterocycles. The van der Waals surface area contributed by atoms with E-state index in [-0.39, 0.29) is 11.4 Å². The lowest BCUT2D eigenvalue weighted by molar-refractivity contribution is 0.262. The average molecular weight is 281 g/mol. The van der Waals surface area contributed by atoms with E-state index in [9.17, 15) is 9.18 Å². The van der Waals surface area contributed by atoms with Gasteiger partial charge in [0.05, 0.1) is 5.69 Å². The number of amides is 2. The lowest BCUT2D eigenvalue weighted by atomic mass is 10.3. The van der Waals surface area contributed by atoms with Crippen LogP contribution >= 0.6 is 11.6 Å². The van der Waals surface area contributed by atoms with E-state index in [1.807, 2.05) is 0 Å². The molecular weight excluding hydrogens is 271 g/mol. The quantitative estimate of drug-likeness (QED) is 0.732. The molecule has 0 atom stereocenters. The minimum atomic E-state index is -0.605. The summed E-state index contributed by atoms with van der Waals surface area (Å²) in [6.45, 7) is 0. The Balaban J connectivity index is 2.05. The minimum Gasteiger partial charge on any atom is -0.508 e. The molecule has 2 amide bonds. The summed E-state index contributed by atoms with van der Waals surface area (Å²) in [5, 5.41) is 14.3. The van der Waals surface area contributed by atoms with Crippen LogP contribution in [-0.2, 0) is 0 Å². The number of rotatable bonds is 2. The summed E-state index contributed by atoms with van der Waals surface area (Å²) in [5.74, 6) is -0.489. The zero-order valence-electron chi connectivity index (χ0n) is 9.65. The van der Waals surface area contributed by atoms with E-state index in [1.54, 1.807) is 0 Å². The van der Waals surface area contributed by atoms with Crippen LogP contribution in [-0.4, -0.2) is 11.1 Å². The lowest BCUT2D eigenvalue weighted by Crippen LogP contribution is -2.20. The summed E-state index contributed by atoms with van der Waals surface area (Å²) in [5.41, 5.74) is 0.460. The number of carbonyl (C=O) groups is 1. The smallest absolute Gasteiger partial charge is 0.323 e. The molecule has 0 fully saturated rings. The fourth-order valence-electron chi connectivity index (χ4n) is 1.42. The van der Waals surface area contributed by atoms with Gasteiger partial charge in [0, 0.05) is 10.7 Å². The molecule has 0 saturated carbocycles. The van der Waals surface area contributed by atoms with Crippen molar-refractivity contribution < 1.29 is 14.3 Å². The number of aromatic hydroxyl groups is 1. The highest BCUT2D eigenvalue weighted by molar-refractivity contribution is 6.30. The Morgan fingerprint density at radius 1 is 1.11 bits per heavy atom. The fourth-order valence-corrected chi connectivity index (χ4v) is 1.59. The van der Waals surface area contributed by atoms with Crippen molar-refractivity contribution in [1.82, 2.24) is 0 Å². The van der Waals surface area contributed by atoms with Gasteiger partial charge in [-0.05, 0) is 42.5 Å². The van der Waals surface area contributed by atoms with Crippen molar-refractivity contribution in [2.75, 3.05) is 10.6 Å². The van der Waals surface area contributed by atoms with Gasteiger partial charge in [-0.15, -0.1) is 0 Å². The molecule has 0 bridgehead atoms. The second-order valence-electron chi connectivity index (χ2n) is 3.75. The van der Waals surface area contributed by atoms with Crippen molar-refractivity contribution >= 4 is 29.0 Å². The third-order valence-corrected chi connectivity index (χ3v) is 2.54. The molecule has 0 aliphatic carbocycles. The van der Waals surface area contributed by atoms with E-state index in [4.69, 9.17) is 16.7 Å². The summed E-state index contributed by atoms with van der Waals surface area (Å²) in [4.78, 5) is 11.6. The Morgan fingerprint density at radius 3 is 2.47 bits per heavy atom. The van der Waals surface area contributed by atoms with Crippen molar-refractivity contribution in [1.29, 1.82) is 0 Å². The summed E-state index contributed by atoms with van der Waals surface area (Å²) in [6.07, 6.45) is 0. The highest BCUT2D eigenvalue weighted by Crippen LogP contribution is 2.20. The zero-order valence-corrected chi connectivity index (χ0v) is 10.4. The zero-order chi connectivity index (χ0) is 13.8. The van der Waals surface area contributed by atoms with Gasteiger partial charge >= 0.3 is 6.03 Å². The molecule has 2 rings (SSSR count). The number of hydrogen-bond acceptors (Lipinski definition) is 2. The Kier molecular flexibility index (Phi) is 3.87. The normalized spacial score (nSPS) is 10.0. The van der Waals surface area contributed by atoms with Crippen LogP contribution in [0.15, 0.2) is 42.5 Å². The molecule has 0 saturated heterocycles. The SMILES string of the molecule is O=C(Nc1ccc(O)cc1)Nc1cc(Cl)ccc1F. The molecule has 19 heavy (non-hydrogen) atoms. The van der Waals surface area contributed by atoms with Gasteiger partial charge in [0.2, 0.25) is 0 Å². The van der Waals surface area contributed by atoms with Crippen LogP contribution in [0.4, 0.5) is 20.6 Å². The maximum absolute atomic E-state index is 13.4. The van der Waals surface area contributed by atoms with Gasteiger partial charge in [-0.25, -0.2) is 9.18 Å². The van der Waals surface area contributed by atoms with E-state index in [1.165, 1.54) is 42.5 Å². The van der Waals surface area contributed by atoms with Crippen LogP contribution in [0.25, 0.3) is 0 Å². The highest BCUT2D eigenvalue weighted by atomic mass is 35.5. The van der Waals surface area contributed by atoms with Gasteiger partial charge < -0.3 is 15.7 Å². The van der Waals surface area contributed by atoms with E-state index >= 15 is 0 Å². The van der Waals surface area contributed by atoms with Crippen molar-refractivity contribution in [2.24, 2.45) is 0 Å². The van der Waals surface area contributed by atoms with Crippen LogP contribution in [0.2, 0.25) is 5.02 Å². The van der Waals surface area contributed by atoms with Gasteiger partial charge in [-0.3, -0.25) is 0 Å². The monoisotopic (exact) mass is 280 g/mol. The summed E-state index contributed by atoms with van der Waals surface area (Å²) in [7, 11) is 0. The Morgan fingerprint density at radius 2 is 1.79 bits per heavy atom. The number of phenols is 1. The first kappa shape index (κ1) is 13.2. The van der Waals surface area contributed by atoms with Gasteiger partial charge in [0.1, 0.15) is 11.6 Å². The van der Waals surface area contributed by atoms with Gasteiger partial charge in [-0.2, -0.15) is 0 Å². The van der Waals surface area contributed by atoms with Crippen molar-refractivity contribution in [2.45, 2.75) is 0 Å². The largest absolute Gasteiger partial charge is 0.508 e. The van der Waals surface area contributed by atoms with Gasteiger partial charge in [0.25, 0.3) is 0 Å². The maximum atomic E-state index is 13.4. The van der Waals surface area contributed by atoms with Crippen LogP contribution in [0.1, 0.15) is 0 Å².